The second-order valence-electron chi connectivity index (χ2n) is 6.11. The van der Waals surface area contributed by atoms with Crippen LogP contribution in [0.4, 0.5) is 0 Å². The van der Waals surface area contributed by atoms with E-state index in [1.165, 1.54) is 0 Å². The van der Waals surface area contributed by atoms with Crippen LogP contribution in [0.1, 0.15) is 11.1 Å². The van der Waals surface area contributed by atoms with Gasteiger partial charge in [-0.05, 0) is 41.5 Å². The first-order valence-electron chi connectivity index (χ1n) is 9.13. The Bertz CT molecular complexity index is 904. The summed E-state index contributed by atoms with van der Waals surface area (Å²) in [6.07, 6.45) is 1.88. The lowest BCUT2D eigenvalue weighted by Crippen LogP contribution is -2.28. The zero-order valence-corrected chi connectivity index (χ0v) is 15.8. The van der Waals surface area contributed by atoms with Crippen molar-refractivity contribution < 1.29 is 14.3 Å². The summed E-state index contributed by atoms with van der Waals surface area (Å²) in [5, 5.41) is 2.94. The average Bonchev–Trinajstić information content (AvgIpc) is 2.76. The largest absolute Gasteiger partial charge is 0.497 e. The lowest BCUT2D eigenvalue weighted by atomic mass is 10.0. The highest BCUT2D eigenvalue weighted by molar-refractivity contribution is 6.24. The van der Waals surface area contributed by atoms with Crippen molar-refractivity contribution in [3.05, 3.63) is 96.1 Å². The third-order valence-electron chi connectivity index (χ3n) is 4.16. The Labute approximate surface area is 165 Å². The molecule has 0 saturated heterocycles. The molecule has 4 heteroatoms. The summed E-state index contributed by atoms with van der Waals surface area (Å²) in [6, 6.07) is 26.8. The van der Waals surface area contributed by atoms with Gasteiger partial charge in [-0.2, -0.15) is 0 Å². The average molecular weight is 373 g/mol. The van der Waals surface area contributed by atoms with E-state index in [0.717, 1.165) is 22.6 Å². The molecule has 0 aromatic heterocycles. The lowest BCUT2D eigenvalue weighted by molar-refractivity contribution is -0.115. The van der Waals surface area contributed by atoms with Crippen LogP contribution in [0.25, 0.3) is 11.6 Å². The Morgan fingerprint density at radius 2 is 1.50 bits per heavy atom. The maximum Gasteiger partial charge on any atom is 0.252 e. The second-order valence-corrected chi connectivity index (χ2v) is 6.11. The molecular weight excluding hydrogens is 350 g/mol. The Balaban J connectivity index is 1.69. The number of hydrogen-bond donors (Lipinski definition) is 1. The van der Waals surface area contributed by atoms with Crippen LogP contribution in [0.15, 0.2) is 84.9 Å². The summed E-state index contributed by atoms with van der Waals surface area (Å²) in [5.41, 5.74) is 2.39. The molecule has 0 saturated carbocycles. The Morgan fingerprint density at radius 3 is 2.14 bits per heavy atom. The minimum absolute atomic E-state index is 0.140. The zero-order valence-electron chi connectivity index (χ0n) is 15.8. The smallest absolute Gasteiger partial charge is 0.252 e. The van der Waals surface area contributed by atoms with Gasteiger partial charge in [-0.3, -0.25) is 4.79 Å². The van der Waals surface area contributed by atoms with Gasteiger partial charge in [0.05, 0.1) is 13.7 Å². The molecule has 3 aromatic rings. The molecule has 0 atom stereocenters. The van der Waals surface area contributed by atoms with Crippen LogP contribution in [0, 0.1) is 0 Å². The topological polar surface area (TPSA) is 47.6 Å². The van der Waals surface area contributed by atoms with Crippen LogP contribution in [-0.4, -0.2) is 26.2 Å². The molecule has 3 rings (SSSR count). The van der Waals surface area contributed by atoms with Crippen molar-refractivity contribution in [3.8, 4) is 11.5 Å². The summed E-state index contributed by atoms with van der Waals surface area (Å²) < 4.78 is 10.8. The molecule has 0 aliphatic rings. The van der Waals surface area contributed by atoms with Crippen LogP contribution in [0.5, 0.6) is 11.5 Å². The number of benzene rings is 3. The van der Waals surface area contributed by atoms with Gasteiger partial charge in [0, 0.05) is 5.57 Å². The summed E-state index contributed by atoms with van der Waals surface area (Å²) in [6.45, 7) is 0.820. The molecule has 0 aliphatic heterocycles. The van der Waals surface area contributed by atoms with Gasteiger partial charge in [-0.25, -0.2) is 0 Å². The number of methoxy groups -OCH3 is 1. The molecule has 0 radical (unpaired) electrons. The number of ether oxygens (including phenoxy) is 2. The van der Waals surface area contributed by atoms with Crippen LogP contribution in [0.2, 0.25) is 0 Å². The van der Waals surface area contributed by atoms with E-state index in [-0.39, 0.29) is 5.91 Å². The highest BCUT2D eigenvalue weighted by atomic mass is 16.5. The van der Waals surface area contributed by atoms with E-state index >= 15 is 0 Å². The van der Waals surface area contributed by atoms with Crippen LogP contribution < -0.4 is 14.8 Å². The fourth-order valence-electron chi connectivity index (χ4n) is 2.71. The molecule has 0 heterocycles. The first-order chi connectivity index (χ1) is 13.8. The number of nitrogens with one attached hydrogen (secondary N) is 1. The molecular formula is C24H23NO3. The highest BCUT2D eigenvalue weighted by Crippen LogP contribution is 2.20. The predicted molar refractivity (Wildman–Crippen MR) is 112 cm³/mol. The van der Waals surface area contributed by atoms with E-state index < -0.39 is 0 Å². The Hall–Kier alpha value is -3.53. The summed E-state index contributed by atoms with van der Waals surface area (Å²) in [4.78, 5) is 12.8. The van der Waals surface area contributed by atoms with Crippen LogP contribution in [-0.2, 0) is 4.79 Å². The van der Waals surface area contributed by atoms with Gasteiger partial charge >= 0.3 is 0 Å². The van der Waals surface area contributed by atoms with Gasteiger partial charge in [0.2, 0.25) is 0 Å². The minimum Gasteiger partial charge on any atom is -0.497 e. The molecule has 28 heavy (non-hydrogen) atoms. The van der Waals surface area contributed by atoms with Crippen molar-refractivity contribution in [2.24, 2.45) is 0 Å². The van der Waals surface area contributed by atoms with Gasteiger partial charge < -0.3 is 14.8 Å². The van der Waals surface area contributed by atoms with Crippen molar-refractivity contribution in [2.45, 2.75) is 0 Å². The maximum absolute atomic E-state index is 12.8. The maximum atomic E-state index is 12.8. The van der Waals surface area contributed by atoms with E-state index in [1.807, 2.05) is 91.0 Å². The van der Waals surface area contributed by atoms with Gasteiger partial charge in [0.25, 0.3) is 5.91 Å². The quantitative estimate of drug-likeness (QED) is 0.361. The predicted octanol–water partition coefficient (Wildman–Crippen LogP) is 4.43. The standard InChI is InChI=1S/C24H23NO3/c1-27-21-14-12-19(13-15-21)18-23(20-8-4-2-5-9-20)24(26)25-16-17-28-22-10-6-3-7-11-22/h2-15,18H,16-17H2,1H3,(H,25,26)/b23-18+. The van der Waals surface area contributed by atoms with E-state index in [9.17, 15) is 4.79 Å². The number of hydrogen-bond acceptors (Lipinski definition) is 3. The molecule has 0 unspecified atom stereocenters. The van der Waals surface area contributed by atoms with Crippen LogP contribution in [0.3, 0.4) is 0 Å². The molecule has 142 valence electrons. The molecule has 0 aliphatic carbocycles. The first-order valence-corrected chi connectivity index (χ1v) is 9.13. The molecule has 1 N–H and O–H groups in total. The fraction of sp³-hybridized carbons (Fsp3) is 0.125. The summed E-state index contributed by atoms with van der Waals surface area (Å²) in [5.74, 6) is 1.42. The van der Waals surface area contributed by atoms with Crippen LogP contribution >= 0.6 is 0 Å². The highest BCUT2D eigenvalue weighted by Gasteiger charge is 2.11. The van der Waals surface area contributed by atoms with Crippen molar-refractivity contribution >= 4 is 17.6 Å². The van der Waals surface area contributed by atoms with Crippen molar-refractivity contribution in [2.75, 3.05) is 20.3 Å². The molecule has 3 aromatic carbocycles. The molecule has 4 nitrogen and oxygen atoms in total. The first kappa shape index (κ1) is 19.2. The lowest BCUT2D eigenvalue weighted by Gasteiger charge is -2.11. The number of carbonyl (C=O) groups excluding carboxylic acids is 1. The van der Waals surface area contributed by atoms with Gasteiger partial charge in [0.1, 0.15) is 18.1 Å². The van der Waals surface area contributed by atoms with E-state index in [1.54, 1.807) is 7.11 Å². The normalized spacial score (nSPS) is 11.0. The van der Waals surface area contributed by atoms with Crippen molar-refractivity contribution in [1.29, 1.82) is 0 Å². The van der Waals surface area contributed by atoms with Crippen molar-refractivity contribution in [1.82, 2.24) is 5.32 Å². The Morgan fingerprint density at radius 1 is 0.857 bits per heavy atom. The van der Waals surface area contributed by atoms with Gasteiger partial charge in [0.15, 0.2) is 0 Å². The number of amides is 1. The summed E-state index contributed by atoms with van der Waals surface area (Å²) >= 11 is 0. The van der Waals surface area contributed by atoms with E-state index in [2.05, 4.69) is 5.32 Å². The number of carbonyl (C=O) groups is 1. The minimum atomic E-state index is -0.140. The third kappa shape index (κ3) is 5.48. The monoisotopic (exact) mass is 373 g/mol. The van der Waals surface area contributed by atoms with E-state index in [0.29, 0.717) is 18.7 Å². The van der Waals surface area contributed by atoms with E-state index in [4.69, 9.17) is 9.47 Å². The third-order valence-corrected chi connectivity index (χ3v) is 4.16. The Kier molecular flexibility index (Phi) is 6.85. The molecule has 0 fully saturated rings. The van der Waals surface area contributed by atoms with Gasteiger partial charge in [-0.15, -0.1) is 0 Å². The second kappa shape index (κ2) is 9.97. The summed E-state index contributed by atoms with van der Waals surface area (Å²) in [7, 11) is 1.63. The molecule has 1 amide bonds. The number of rotatable bonds is 8. The SMILES string of the molecule is COc1ccc(/C=C(/C(=O)NCCOc2ccccc2)c2ccccc2)cc1. The molecule has 0 spiro atoms. The number of para-hydroxylation sites is 1. The zero-order chi connectivity index (χ0) is 19.6. The fourth-order valence-corrected chi connectivity index (χ4v) is 2.71. The van der Waals surface area contributed by atoms with Crippen molar-refractivity contribution in [3.63, 3.8) is 0 Å². The van der Waals surface area contributed by atoms with Gasteiger partial charge in [-0.1, -0.05) is 60.7 Å². The molecule has 0 bridgehead atoms.